The molecule has 30 heteroatoms. The van der Waals surface area contributed by atoms with Crippen LogP contribution < -0.4 is 81.4 Å². The zero-order chi connectivity index (χ0) is 61.2. The van der Waals surface area contributed by atoms with Gasteiger partial charge in [0.1, 0.15) is 6.04 Å². The highest BCUT2D eigenvalue weighted by molar-refractivity contribution is 6.31. The zero-order valence-electron chi connectivity index (χ0n) is 44.5. The van der Waals surface area contributed by atoms with Gasteiger partial charge < -0.3 is 86.5 Å². The van der Waals surface area contributed by atoms with Crippen molar-refractivity contribution in [3.8, 4) is 22.5 Å². The smallest absolute Gasteiger partial charge is 0.271 e. The fourth-order valence-corrected chi connectivity index (χ4v) is 9.65. The fourth-order valence-electron chi connectivity index (χ4n) is 9.40. The Balaban J connectivity index is 1.12. The number of halogens is 2. The van der Waals surface area contributed by atoms with Crippen LogP contribution in [0.4, 0.5) is 5.95 Å². The molecule has 4 aromatic rings. The van der Waals surface area contributed by atoms with Gasteiger partial charge in [0.25, 0.3) is 29.5 Å². The van der Waals surface area contributed by atoms with Crippen molar-refractivity contribution < 1.29 is 33.9 Å². The molecule has 6 amide bonds. The number of aromatic nitrogens is 2. The van der Waals surface area contributed by atoms with E-state index < -0.39 is 96.2 Å². The summed E-state index contributed by atoms with van der Waals surface area (Å²) in [7, 11) is 0. The van der Waals surface area contributed by atoms with Crippen molar-refractivity contribution in [2.75, 3.05) is 11.4 Å². The van der Waals surface area contributed by atoms with Crippen LogP contribution in [0.25, 0.3) is 22.5 Å². The highest BCUT2D eigenvalue weighted by atomic mass is 35.5. The number of benzene rings is 3. The van der Waals surface area contributed by atoms with Crippen molar-refractivity contribution in [1.82, 2.24) is 57.8 Å². The molecule has 7 atom stereocenters. The Kier molecular flexibility index (Phi) is 18.7. The summed E-state index contributed by atoms with van der Waals surface area (Å²) in [6.07, 6.45) is 6.72. The van der Waals surface area contributed by atoms with Gasteiger partial charge >= 0.3 is 0 Å². The maximum absolute atomic E-state index is 15.1. The van der Waals surface area contributed by atoms with E-state index in [2.05, 4.69) is 60.8 Å². The van der Waals surface area contributed by atoms with Gasteiger partial charge in [-0.2, -0.15) is 0 Å². The number of hydrogen-bond acceptors (Lipinski definition) is 14. The number of allylic oxidation sites excluding steroid dienone is 12. The Bertz CT molecular complexity index is 3560. The number of aliphatic hydroxyl groups excluding tert-OH is 1. The topological polar surface area (TPSA) is 485 Å². The van der Waals surface area contributed by atoms with Crippen LogP contribution in [0.15, 0.2) is 167 Å². The summed E-state index contributed by atoms with van der Waals surface area (Å²) in [4.78, 5) is 94.2. The number of guanidine groups is 4. The van der Waals surface area contributed by atoms with Crippen LogP contribution in [0, 0.1) is 27.6 Å². The molecule has 85 heavy (non-hydrogen) atoms. The third-order valence-corrected chi connectivity index (χ3v) is 13.7. The summed E-state index contributed by atoms with van der Waals surface area (Å²) < 4.78 is 0. The molecule has 24 N–H and O–H groups in total. The molecule has 4 aliphatic rings. The molecule has 438 valence electrons. The number of carbonyl (C=O) groups excluding carboxylic acids is 6. The number of aliphatic hydroxyl groups is 1. The standard InChI is InChI=1S/C55H57Cl2N21O7/c56-32-18-14-25(15-19-32)35-23-36(26-16-20-33(57)21-17-26)68-55(67-35)78(24-31-22-30-10-4-8-27-12-13-28-9-5-11-34(31)38(28)37(27)30)50(85)49(84)69-39(29-6-2-1-3-7-29)45(80)71-42(75-52(61)62)47(82)73-44(77-54(65)66)48(83)72-43(76-53(63)64)46(81)70-41(40(58)79)74-51(59)60/h1-7,9-23,38-39,41-44,50,85H,8,24H2,(H2,58,79)(H,69,84)(H,70,81)(H,71,80)(H,72,83)(H,73,82)(H4,59,60,74)(H4,61,62,75)(H4,63,64,76)(H4,65,66,77). The predicted octanol–water partition coefficient (Wildman–Crippen LogP) is -0.538. The van der Waals surface area contributed by atoms with Gasteiger partial charge in [0.15, 0.2) is 48.5 Å². The molecule has 1 aromatic heterocycles. The van der Waals surface area contributed by atoms with Crippen LogP contribution in [0.3, 0.4) is 0 Å². The molecule has 0 bridgehead atoms. The number of anilines is 1. The zero-order valence-corrected chi connectivity index (χ0v) is 46.1. The molecule has 0 aliphatic heterocycles. The second kappa shape index (κ2) is 26.4. The van der Waals surface area contributed by atoms with Gasteiger partial charge in [-0.15, -0.1) is 0 Å². The van der Waals surface area contributed by atoms with Crippen LogP contribution in [-0.4, -0.2) is 112 Å². The van der Waals surface area contributed by atoms with Crippen LogP contribution in [-0.2, 0) is 28.8 Å². The number of rotatable bonds is 22. The maximum atomic E-state index is 15.1. The fraction of sp³-hybridized carbons (Fsp3) is 0.164. The molecule has 0 spiro atoms. The lowest BCUT2D eigenvalue weighted by Crippen LogP contribution is -2.68. The lowest BCUT2D eigenvalue weighted by Gasteiger charge is -2.39. The van der Waals surface area contributed by atoms with Gasteiger partial charge in [-0.1, -0.05) is 120 Å². The quantitative estimate of drug-likeness (QED) is 0.0267. The lowest BCUT2D eigenvalue weighted by atomic mass is 9.67. The van der Waals surface area contributed by atoms with Crippen LogP contribution in [0.5, 0.6) is 0 Å². The minimum atomic E-state index is -2.19. The van der Waals surface area contributed by atoms with E-state index in [9.17, 15) is 29.1 Å². The van der Waals surface area contributed by atoms with E-state index in [0.717, 1.165) is 34.3 Å². The largest absolute Gasteiger partial charge is 0.370 e. The Morgan fingerprint density at radius 3 is 1.60 bits per heavy atom. The first-order chi connectivity index (χ1) is 40.5. The minimum absolute atomic E-state index is 0.114. The van der Waals surface area contributed by atoms with Crippen LogP contribution in [0.2, 0.25) is 10.0 Å². The summed E-state index contributed by atoms with van der Waals surface area (Å²) in [5.41, 5.74) is 35.2. The van der Waals surface area contributed by atoms with Gasteiger partial charge in [-0.25, -0.2) is 9.97 Å². The number of nitrogens with two attached hydrogens (primary N) is 5. The SMILES string of the molecule is N=C(N)NC(NC(=O)C(NC(=N)N)NC(=O)C(NC(=N)N)NC(=O)C(NC(=N)N)NC(=O)C(NC(=O)C(O)N(CC1=CC2=C3C(=CC=C4C=CC=C1C43)CC=C2)c1nc(-c2ccc(Cl)cc2)cc(-c2ccc(Cl)cc2)n1)c1ccccc1)C(N)=O. The summed E-state index contributed by atoms with van der Waals surface area (Å²) in [5, 5.41) is 64.4. The predicted molar refractivity (Wildman–Crippen MR) is 316 cm³/mol. The minimum Gasteiger partial charge on any atom is -0.370 e. The average Bonchev–Trinajstić information content (AvgIpc) is 1.15. The third kappa shape index (κ3) is 14.8. The van der Waals surface area contributed by atoms with E-state index in [-0.39, 0.29) is 24.0 Å². The van der Waals surface area contributed by atoms with Gasteiger partial charge in [0.05, 0.1) is 11.4 Å². The van der Waals surface area contributed by atoms with Crippen molar-refractivity contribution in [1.29, 1.82) is 21.6 Å². The monoisotopic (exact) mass is 1190 g/mol. The number of amides is 6. The molecule has 3 aromatic carbocycles. The number of hydrogen-bond donors (Lipinski definition) is 19. The first kappa shape index (κ1) is 60.3. The van der Waals surface area contributed by atoms with E-state index in [4.69, 9.17) is 83.5 Å². The summed E-state index contributed by atoms with van der Waals surface area (Å²) >= 11 is 12.6. The number of nitrogens with one attached hydrogen (secondary N) is 13. The average molecular weight is 1200 g/mol. The highest BCUT2D eigenvalue weighted by Crippen LogP contribution is 2.49. The molecule has 1 heterocycles. The summed E-state index contributed by atoms with van der Waals surface area (Å²) in [5.74, 6) is -11.4. The van der Waals surface area contributed by atoms with Crippen molar-refractivity contribution in [2.24, 2.45) is 34.6 Å². The molecule has 4 aliphatic carbocycles. The summed E-state index contributed by atoms with van der Waals surface area (Å²) in [6.45, 7) is -0.178. The Labute approximate surface area is 494 Å². The molecule has 28 nitrogen and oxygen atoms in total. The van der Waals surface area contributed by atoms with Crippen molar-refractivity contribution in [3.63, 3.8) is 0 Å². The first-order valence-corrected chi connectivity index (χ1v) is 26.3. The van der Waals surface area contributed by atoms with Crippen molar-refractivity contribution in [2.45, 2.75) is 43.4 Å². The molecule has 0 fully saturated rings. The Morgan fingerprint density at radius 1 is 0.600 bits per heavy atom. The molecule has 7 unspecified atom stereocenters. The van der Waals surface area contributed by atoms with E-state index in [1.54, 1.807) is 72.8 Å². The summed E-state index contributed by atoms with van der Waals surface area (Å²) in [6, 6.07) is 21.4. The number of carbonyl (C=O) groups is 6. The van der Waals surface area contributed by atoms with Gasteiger partial charge in [-0.3, -0.25) is 50.4 Å². The van der Waals surface area contributed by atoms with E-state index in [1.807, 2.05) is 35.7 Å². The normalized spacial score (nSPS) is 16.4. The molecule has 0 radical (unpaired) electrons. The second-order valence-electron chi connectivity index (χ2n) is 19.1. The highest BCUT2D eigenvalue weighted by Gasteiger charge is 2.39. The van der Waals surface area contributed by atoms with Crippen LogP contribution in [0.1, 0.15) is 18.0 Å². The first-order valence-electron chi connectivity index (χ1n) is 25.6. The molecule has 8 rings (SSSR count). The Morgan fingerprint density at radius 2 is 1.09 bits per heavy atom. The number of nitrogens with zero attached hydrogens (tertiary/aromatic N) is 3. The van der Waals surface area contributed by atoms with Crippen molar-refractivity contribution in [3.05, 3.63) is 183 Å². The molecular formula is C55H57Cl2N21O7. The van der Waals surface area contributed by atoms with Crippen LogP contribution >= 0.6 is 23.2 Å². The lowest BCUT2D eigenvalue weighted by molar-refractivity contribution is -0.136. The van der Waals surface area contributed by atoms with E-state index in [0.29, 0.717) is 38.1 Å². The van der Waals surface area contributed by atoms with Gasteiger partial charge in [0.2, 0.25) is 18.1 Å². The molecule has 0 saturated carbocycles. The Hall–Kier alpha value is -10.8. The molecular weight excluding hydrogens is 1140 g/mol. The third-order valence-electron chi connectivity index (χ3n) is 13.2. The van der Waals surface area contributed by atoms with Gasteiger partial charge in [0, 0.05) is 33.6 Å². The van der Waals surface area contributed by atoms with E-state index >= 15 is 4.79 Å². The molecule has 0 saturated heterocycles. The van der Waals surface area contributed by atoms with E-state index in [1.165, 1.54) is 17.0 Å². The number of primary amides is 1. The maximum Gasteiger partial charge on any atom is 0.271 e. The van der Waals surface area contributed by atoms with Gasteiger partial charge in [-0.05, 0) is 81.8 Å². The van der Waals surface area contributed by atoms with Crippen molar-refractivity contribution >= 4 is 88.4 Å². The second-order valence-corrected chi connectivity index (χ2v) is 20.0.